The summed E-state index contributed by atoms with van der Waals surface area (Å²) in [6, 6.07) is 10.7. The van der Waals surface area contributed by atoms with Crippen LogP contribution in [0.3, 0.4) is 0 Å². The summed E-state index contributed by atoms with van der Waals surface area (Å²) in [5.41, 5.74) is 1.72. The lowest BCUT2D eigenvalue weighted by Gasteiger charge is -2.29. The molecule has 172 valence electrons. The maximum absolute atomic E-state index is 5.35. The number of nitrogens with one attached hydrogen (secondary N) is 2. The number of aromatic nitrogens is 2. The third kappa shape index (κ3) is 8.11. The van der Waals surface area contributed by atoms with Gasteiger partial charge in [-0.05, 0) is 43.1 Å². The molecule has 0 aliphatic heterocycles. The van der Waals surface area contributed by atoms with Gasteiger partial charge in [-0.25, -0.2) is 4.98 Å². The number of benzene rings is 1. The van der Waals surface area contributed by atoms with Crippen molar-refractivity contribution in [2.75, 3.05) is 27.3 Å². The van der Waals surface area contributed by atoms with E-state index in [4.69, 9.17) is 4.74 Å². The van der Waals surface area contributed by atoms with Crippen LogP contribution in [0.4, 0.5) is 0 Å². The second kappa shape index (κ2) is 13.7. The summed E-state index contributed by atoms with van der Waals surface area (Å²) in [5.74, 6) is 1.89. The van der Waals surface area contributed by atoms with Crippen LogP contribution < -0.4 is 10.6 Å². The maximum atomic E-state index is 5.35. The minimum absolute atomic E-state index is 0. The maximum Gasteiger partial charge on any atom is 0.191 e. The summed E-state index contributed by atoms with van der Waals surface area (Å²) in [7, 11) is 3.62. The number of imidazole rings is 1. The van der Waals surface area contributed by atoms with E-state index < -0.39 is 0 Å². The number of methoxy groups -OCH3 is 1. The summed E-state index contributed by atoms with van der Waals surface area (Å²) in [6.45, 7) is 3.41. The van der Waals surface area contributed by atoms with Crippen LogP contribution in [-0.2, 0) is 24.2 Å². The van der Waals surface area contributed by atoms with E-state index in [1.165, 1.54) is 31.2 Å². The van der Waals surface area contributed by atoms with Gasteiger partial charge in [-0.2, -0.15) is 0 Å². The zero-order valence-electron chi connectivity index (χ0n) is 19.0. The first-order valence-electron chi connectivity index (χ1n) is 11.2. The largest absolute Gasteiger partial charge is 0.385 e. The van der Waals surface area contributed by atoms with Crippen LogP contribution in [0.25, 0.3) is 0 Å². The first kappa shape index (κ1) is 25.6. The van der Waals surface area contributed by atoms with Crippen molar-refractivity contribution in [3.05, 3.63) is 54.1 Å². The molecule has 0 spiro atoms. The van der Waals surface area contributed by atoms with Gasteiger partial charge in [0.1, 0.15) is 5.82 Å². The van der Waals surface area contributed by atoms with Crippen molar-refractivity contribution in [1.82, 2.24) is 20.2 Å². The van der Waals surface area contributed by atoms with Crippen LogP contribution in [0.5, 0.6) is 0 Å². The molecule has 3 rings (SSSR count). The molecule has 0 radical (unpaired) electrons. The predicted octanol–water partition coefficient (Wildman–Crippen LogP) is 4.40. The van der Waals surface area contributed by atoms with Gasteiger partial charge in [0.15, 0.2) is 5.96 Å². The van der Waals surface area contributed by atoms with Gasteiger partial charge in [-0.1, -0.05) is 43.2 Å². The Balaban J connectivity index is 0.00000341. The van der Waals surface area contributed by atoms with Gasteiger partial charge >= 0.3 is 0 Å². The molecule has 0 atom stereocenters. The fourth-order valence-electron chi connectivity index (χ4n) is 4.42. The van der Waals surface area contributed by atoms with Crippen LogP contribution in [0.1, 0.15) is 49.9 Å². The smallest absolute Gasteiger partial charge is 0.191 e. The number of aryl methyl sites for hydroxylation is 2. The lowest BCUT2D eigenvalue weighted by molar-refractivity contribution is 0.138. The SMILES string of the molecule is CN=C(NCc1nccn1CCCc1ccccc1)NCC1(CCOC)CCCC1.I. The highest BCUT2D eigenvalue weighted by molar-refractivity contribution is 14.0. The number of nitrogens with zero attached hydrogens (tertiary/aromatic N) is 3. The molecule has 1 fully saturated rings. The van der Waals surface area contributed by atoms with E-state index in [2.05, 4.69) is 61.7 Å². The molecule has 1 aromatic heterocycles. The van der Waals surface area contributed by atoms with Gasteiger partial charge in [0.2, 0.25) is 0 Å². The second-order valence-electron chi connectivity index (χ2n) is 8.36. The number of aliphatic imine (C=N–C) groups is 1. The number of hydrogen-bond acceptors (Lipinski definition) is 3. The van der Waals surface area contributed by atoms with E-state index in [0.29, 0.717) is 12.0 Å². The molecule has 1 heterocycles. The third-order valence-corrected chi connectivity index (χ3v) is 6.28. The van der Waals surface area contributed by atoms with E-state index in [9.17, 15) is 0 Å². The molecule has 2 aromatic rings. The predicted molar refractivity (Wildman–Crippen MR) is 138 cm³/mol. The Labute approximate surface area is 204 Å². The van der Waals surface area contributed by atoms with Gasteiger partial charge in [-0.3, -0.25) is 4.99 Å². The molecule has 6 nitrogen and oxygen atoms in total. The molecule has 0 amide bonds. The Morgan fingerprint density at radius 2 is 1.97 bits per heavy atom. The van der Waals surface area contributed by atoms with Crippen molar-refractivity contribution in [1.29, 1.82) is 0 Å². The number of halogens is 1. The minimum atomic E-state index is 0. The highest BCUT2D eigenvalue weighted by atomic mass is 127. The Morgan fingerprint density at radius 1 is 1.19 bits per heavy atom. The third-order valence-electron chi connectivity index (χ3n) is 6.28. The van der Waals surface area contributed by atoms with Crippen molar-refractivity contribution < 1.29 is 4.74 Å². The number of hydrogen-bond donors (Lipinski definition) is 2. The van der Waals surface area contributed by atoms with Crippen molar-refractivity contribution in [3.63, 3.8) is 0 Å². The Kier molecular flexibility index (Phi) is 11.4. The summed E-state index contributed by atoms with van der Waals surface area (Å²) in [5, 5.41) is 7.00. The molecule has 2 N–H and O–H groups in total. The molecular formula is C24H38IN5O. The van der Waals surface area contributed by atoms with Crippen LogP contribution in [0, 0.1) is 5.41 Å². The molecule has 0 unspecified atom stereocenters. The monoisotopic (exact) mass is 539 g/mol. The van der Waals surface area contributed by atoms with Crippen LogP contribution in [0.2, 0.25) is 0 Å². The zero-order valence-corrected chi connectivity index (χ0v) is 21.3. The summed E-state index contributed by atoms with van der Waals surface area (Å²) in [6.07, 6.45) is 12.4. The molecule has 1 saturated carbocycles. The van der Waals surface area contributed by atoms with Crippen LogP contribution in [-0.4, -0.2) is 42.8 Å². The van der Waals surface area contributed by atoms with E-state index in [1.807, 2.05) is 13.2 Å². The zero-order chi connectivity index (χ0) is 21.1. The van der Waals surface area contributed by atoms with Crippen molar-refractivity contribution in [2.24, 2.45) is 10.4 Å². The molecule has 1 aromatic carbocycles. The topological polar surface area (TPSA) is 63.5 Å². The molecule has 0 bridgehead atoms. The van der Waals surface area contributed by atoms with Gasteiger partial charge in [-0.15, -0.1) is 24.0 Å². The van der Waals surface area contributed by atoms with E-state index in [1.54, 1.807) is 7.11 Å². The van der Waals surface area contributed by atoms with Gasteiger partial charge in [0.05, 0.1) is 6.54 Å². The molecule has 0 saturated heterocycles. The number of guanidine groups is 1. The van der Waals surface area contributed by atoms with Crippen molar-refractivity contribution in [2.45, 2.75) is 58.0 Å². The summed E-state index contributed by atoms with van der Waals surface area (Å²) in [4.78, 5) is 8.96. The first-order chi connectivity index (χ1) is 14.7. The second-order valence-corrected chi connectivity index (χ2v) is 8.36. The average Bonchev–Trinajstić information content (AvgIpc) is 3.43. The molecule has 7 heteroatoms. The van der Waals surface area contributed by atoms with E-state index in [0.717, 1.165) is 50.7 Å². The lowest BCUT2D eigenvalue weighted by atomic mass is 9.83. The number of ether oxygens (including phenoxy) is 1. The Morgan fingerprint density at radius 3 is 2.68 bits per heavy atom. The standard InChI is InChI=1S/C24H37N5O.HI/c1-25-23(28-20-24(14-18-30-2)12-6-7-13-24)27-19-22-26-15-17-29(22)16-8-11-21-9-4-3-5-10-21;/h3-5,9-10,15,17H,6-8,11-14,16,18-20H2,1-2H3,(H2,25,27,28);1H. The van der Waals surface area contributed by atoms with Crippen LogP contribution in [0.15, 0.2) is 47.7 Å². The normalized spacial score (nSPS) is 15.5. The quantitative estimate of drug-likeness (QED) is 0.253. The lowest BCUT2D eigenvalue weighted by Crippen LogP contribution is -2.43. The number of rotatable bonds is 11. The molecule has 31 heavy (non-hydrogen) atoms. The summed E-state index contributed by atoms with van der Waals surface area (Å²) >= 11 is 0. The fourth-order valence-corrected chi connectivity index (χ4v) is 4.42. The van der Waals surface area contributed by atoms with Gasteiger partial charge < -0.3 is 19.9 Å². The first-order valence-corrected chi connectivity index (χ1v) is 11.2. The Bertz CT molecular complexity index is 771. The van der Waals surface area contributed by atoms with Gasteiger partial charge in [0, 0.05) is 46.2 Å². The Hall–Kier alpha value is -1.61. The molecule has 1 aliphatic rings. The minimum Gasteiger partial charge on any atom is -0.385 e. The van der Waals surface area contributed by atoms with Gasteiger partial charge in [0.25, 0.3) is 0 Å². The fraction of sp³-hybridized carbons (Fsp3) is 0.583. The highest BCUT2D eigenvalue weighted by Crippen LogP contribution is 2.40. The van der Waals surface area contributed by atoms with Crippen LogP contribution >= 0.6 is 24.0 Å². The molecule has 1 aliphatic carbocycles. The van der Waals surface area contributed by atoms with E-state index >= 15 is 0 Å². The molecular weight excluding hydrogens is 501 g/mol. The summed E-state index contributed by atoms with van der Waals surface area (Å²) < 4.78 is 7.58. The van der Waals surface area contributed by atoms with E-state index in [-0.39, 0.29) is 24.0 Å². The highest BCUT2D eigenvalue weighted by Gasteiger charge is 2.33. The average molecular weight is 540 g/mol. The van der Waals surface area contributed by atoms with Crippen molar-refractivity contribution >= 4 is 29.9 Å². The van der Waals surface area contributed by atoms with Crippen molar-refractivity contribution in [3.8, 4) is 0 Å².